The van der Waals surface area contributed by atoms with E-state index in [0.717, 1.165) is 30.8 Å². The van der Waals surface area contributed by atoms with Crippen LogP contribution in [0, 0.1) is 0 Å². The average molecular weight is 240 g/mol. The first kappa shape index (κ1) is 12.0. The molecule has 16 heavy (non-hydrogen) atoms. The lowest BCUT2D eigenvalue weighted by atomic mass is 10.2. The van der Waals surface area contributed by atoms with Crippen LogP contribution in [-0.4, -0.2) is 22.2 Å². The lowest BCUT2D eigenvalue weighted by Crippen LogP contribution is -2.34. The molecule has 3 nitrogen and oxygen atoms in total. The highest BCUT2D eigenvalue weighted by molar-refractivity contribution is 7.11. The zero-order valence-corrected chi connectivity index (χ0v) is 10.8. The predicted molar refractivity (Wildman–Crippen MR) is 66.7 cm³/mol. The van der Waals surface area contributed by atoms with Crippen LogP contribution in [0.2, 0.25) is 0 Å². The summed E-state index contributed by atoms with van der Waals surface area (Å²) in [5.41, 5.74) is 0. The van der Waals surface area contributed by atoms with Crippen molar-refractivity contribution in [3.05, 3.63) is 16.1 Å². The first-order chi connectivity index (χ1) is 7.66. The Kier molecular flexibility index (Phi) is 3.95. The Balaban J connectivity index is 1.84. The van der Waals surface area contributed by atoms with E-state index >= 15 is 0 Å². The van der Waals surface area contributed by atoms with Crippen LogP contribution >= 0.6 is 11.3 Å². The van der Waals surface area contributed by atoms with Crippen LogP contribution in [0.5, 0.6) is 0 Å². The number of hydrogen-bond acceptors (Lipinski definition) is 4. The molecule has 2 rings (SSSR count). The van der Waals surface area contributed by atoms with Crippen molar-refractivity contribution in [1.82, 2.24) is 10.3 Å². The quantitative estimate of drug-likeness (QED) is 0.848. The molecule has 0 spiro atoms. The highest BCUT2D eigenvalue weighted by Gasteiger charge is 2.24. The number of rotatable bonds is 4. The Morgan fingerprint density at radius 1 is 1.56 bits per heavy atom. The van der Waals surface area contributed by atoms with Crippen molar-refractivity contribution in [2.24, 2.45) is 0 Å². The topological polar surface area (TPSA) is 45.2 Å². The molecule has 1 aromatic heterocycles. The Hall–Kier alpha value is -0.450. The molecule has 2 N–H and O–H groups in total. The Labute approximate surface area is 101 Å². The van der Waals surface area contributed by atoms with E-state index < -0.39 is 0 Å². The van der Waals surface area contributed by atoms with Crippen molar-refractivity contribution in [2.75, 3.05) is 0 Å². The fourth-order valence-electron chi connectivity index (χ4n) is 2.07. The van der Waals surface area contributed by atoms with Gasteiger partial charge in [0, 0.05) is 23.7 Å². The molecule has 2 unspecified atom stereocenters. The smallest absolute Gasteiger partial charge is 0.107 e. The molecule has 0 aliphatic heterocycles. The van der Waals surface area contributed by atoms with Gasteiger partial charge in [-0.1, -0.05) is 13.8 Å². The normalized spacial score (nSPS) is 25.5. The van der Waals surface area contributed by atoms with Crippen LogP contribution in [0.3, 0.4) is 0 Å². The second-order valence-electron chi connectivity index (χ2n) is 4.80. The highest BCUT2D eigenvalue weighted by atomic mass is 32.1. The standard InChI is InChI=1S/C12H20N2OS/c1-8(2)11-6-14-12(16-11)7-13-9-4-3-5-10(9)15/h6,8-10,13,15H,3-5,7H2,1-2H3. The van der Waals surface area contributed by atoms with Crippen molar-refractivity contribution in [1.29, 1.82) is 0 Å². The Bertz CT molecular complexity index is 338. The van der Waals surface area contributed by atoms with Gasteiger partial charge in [0.15, 0.2) is 0 Å². The van der Waals surface area contributed by atoms with E-state index in [4.69, 9.17) is 0 Å². The minimum Gasteiger partial charge on any atom is -0.392 e. The van der Waals surface area contributed by atoms with Crippen molar-refractivity contribution in [3.8, 4) is 0 Å². The van der Waals surface area contributed by atoms with Crippen molar-refractivity contribution in [2.45, 2.75) is 57.7 Å². The molecule has 4 heteroatoms. The van der Waals surface area contributed by atoms with Crippen LogP contribution in [0.4, 0.5) is 0 Å². The van der Waals surface area contributed by atoms with Gasteiger partial charge < -0.3 is 10.4 Å². The molecular formula is C12H20N2OS. The molecule has 1 aliphatic rings. The van der Waals surface area contributed by atoms with Gasteiger partial charge in [-0.3, -0.25) is 0 Å². The minimum atomic E-state index is -0.162. The van der Waals surface area contributed by atoms with Gasteiger partial charge >= 0.3 is 0 Å². The molecule has 1 aliphatic carbocycles. The first-order valence-electron chi connectivity index (χ1n) is 6.03. The number of nitrogens with zero attached hydrogens (tertiary/aromatic N) is 1. The Morgan fingerprint density at radius 3 is 2.94 bits per heavy atom. The van der Waals surface area contributed by atoms with Gasteiger partial charge in [-0.2, -0.15) is 0 Å². The van der Waals surface area contributed by atoms with Crippen LogP contribution < -0.4 is 5.32 Å². The number of aliphatic hydroxyl groups is 1. The van der Waals surface area contributed by atoms with E-state index in [1.54, 1.807) is 11.3 Å². The van der Waals surface area contributed by atoms with Crippen molar-refractivity contribution >= 4 is 11.3 Å². The van der Waals surface area contributed by atoms with Crippen molar-refractivity contribution < 1.29 is 5.11 Å². The maximum atomic E-state index is 9.68. The van der Waals surface area contributed by atoms with Crippen LogP contribution in [0.15, 0.2) is 6.20 Å². The summed E-state index contributed by atoms with van der Waals surface area (Å²) >= 11 is 1.77. The second-order valence-corrected chi connectivity index (χ2v) is 5.94. The van der Waals surface area contributed by atoms with Gasteiger partial charge in [-0.25, -0.2) is 4.98 Å². The number of thiazole rings is 1. The van der Waals surface area contributed by atoms with Gasteiger partial charge in [0.05, 0.1) is 6.10 Å². The van der Waals surface area contributed by atoms with Gasteiger partial charge in [0.1, 0.15) is 5.01 Å². The van der Waals surface area contributed by atoms with Crippen LogP contribution in [0.25, 0.3) is 0 Å². The fourth-order valence-corrected chi connectivity index (χ4v) is 2.94. The maximum absolute atomic E-state index is 9.68. The lowest BCUT2D eigenvalue weighted by molar-refractivity contribution is 0.148. The molecule has 0 saturated heterocycles. The monoisotopic (exact) mass is 240 g/mol. The SMILES string of the molecule is CC(C)c1cnc(CNC2CCCC2O)s1. The van der Waals surface area contributed by atoms with Crippen molar-refractivity contribution in [3.63, 3.8) is 0 Å². The molecule has 1 fully saturated rings. The van der Waals surface area contributed by atoms with Crippen LogP contribution in [0.1, 0.15) is 48.9 Å². The van der Waals surface area contributed by atoms with Crippen LogP contribution in [-0.2, 0) is 6.54 Å². The molecule has 1 heterocycles. The zero-order valence-electron chi connectivity index (χ0n) is 9.94. The molecule has 1 aromatic rings. The average Bonchev–Trinajstić information content (AvgIpc) is 2.83. The fraction of sp³-hybridized carbons (Fsp3) is 0.750. The summed E-state index contributed by atoms with van der Waals surface area (Å²) in [4.78, 5) is 5.73. The molecule has 0 bridgehead atoms. The Morgan fingerprint density at radius 2 is 2.38 bits per heavy atom. The van der Waals surface area contributed by atoms with Gasteiger partial charge in [-0.15, -0.1) is 11.3 Å². The highest BCUT2D eigenvalue weighted by Crippen LogP contribution is 2.23. The molecular weight excluding hydrogens is 220 g/mol. The molecule has 0 amide bonds. The number of aromatic nitrogens is 1. The third kappa shape index (κ3) is 2.81. The minimum absolute atomic E-state index is 0.162. The van der Waals surface area contributed by atoms with E-state index in [1.165, 1.54) is 4.88 Å². The predicted octanol–water partition coefficient (Wildman–Crippen LogP) is 2.27. The molecule has 0 aromatic carbocycles. The summed E-state index contributed by atoms with van der Waals surface area (Å²) in [5.74, 6) is 0.559. The van der Waals surface area contributed by atoms with E-state index in [1.807, 2.05) is 6.20 Å². The summed E-state index contributed by atoms with van der Waals surface area (Å²) in [5, 5.41) is 14.2. The second kappa shape index (κ2) is 5.25. The van der Waals surface area contributed by atoms with E-state index in [-0.39, 0.29) is 12.1 Å². The van der Waals surface area contributed by atoms with Gasteiger partial charge in [0.25, 0.3) is 0 Å². The summed E-state index contributed by atoms with van der Waals surface area (Å²) < 4.78 is 0. The molecule has 1 saturated carbocycles. The van der Waals surface area contributed by atoms with E-state index in [0.29, 0.717) is 5.92 Å². The summed E-state index contributed by atoms with van der Waals surface area (Å²) in [7, 11) is 0. The number of aliphatic hydroxyl groups excluding tert-OH is 1. The first-order valence-corrected chi connectivity index (χ1v) is 6.84. The van der Waals surface area contributed by atoms with Gasteiger partial charge in [-0.05, 0) is 25.2 Å². The molecule has 90 valence electrons. The maximum Gasteiger partial charge on any atom is 0.107 e. The molecule has 0 radical (unpaired) electrons. The zero-order chi connectivity index (χ0) is 11.5. The van der Waals surface area contributed by atoms with E-state index in [9.17, 15) is 5.11 Å². The number of hydrogen-bond donors (Lipinski definition) is 2. The molecule has 2 atom stereocenters. The third-order valence-corrected chi connectivity index (χ3v) is 4.43. The largest absolute Gasteiger partial charge is 0.392 e. The van der Waals surface area contributed by atoms with Gasteiger partial charge in [0.2, 0.25) is 0 Å². The third-order valence-electron chi connectivity index (χ3n) is 3.14. The number of nitrogens with one attached hydrogen (secondary N) is 1. The lowest BCUT2D eigenvalue weighted by Gasteiger charge is -2.15. The summed E-state index contributed by atoms with van der Waals surface area (Å²) in [6.45, 7) is 5.16. The summed E-state index contributed by atoms with van der Waals surface area (Å²) in [6.07, 6.45) is 4.96. The van der Waals surface area contributed by atoms with E-state index in [2.05, 4.69) is 24.1 Å². The summed E-state index contributed by atoms with van der Waals surface area (Å²) in [6, 6.07) is 0.270.